The normalized spacial score (nSPS) is 10.6. The van der Waals surface area contributed by atoms with Gasteiger partial charge in [-0.15, -0.1) is 0 Å². The molecule has 0 aliphatic rings. The predicted octanol–water partition coefficient (Wildman–Crippen LogP) is 3.46. The highest BCUT2D eigenvalue weighted by molar-refractivity contribution is 5.93. The minimum absolute atomic E-state index is 0.0852. The van der Waals surface area contributed by atoms with Gasteiger partial charge in [-0.25, -0.2) is 9.97 Å². The van der Waals surface area contributed by atoms with Crippen molar-refractivity contribution >= 4 is 11.7 Å². The van der Waals surface area contributed by atoms with Crippen molar-refractivity contribution in [3.63, 3.8) is 0 Å². The Balaban J connectivity index is 2.26. The van der Waals surface area contributed by atoms with E-state index in [1.54, 1.807) is 18.1 Å². The highest BCUT2D eigenvalue weighted by Crippen LogP contribution is 2.18. The Kier molecular flexibility index (Phi) is 8.02. The van der Waals surface area contributed by atoms with Crippen LogP contribution in [0.2, 0.25) is 0 Å². The molecule has 0 spiro atoms. The third-order valence-electron chi connectivity index (χ3n) is 4.00. The molecule has 0 saturated heterocycles. The average molecular weight is 356 g/mol. The molecule has 0 radical (unpaired) electrons. The van der Waals surface area contributed by atoms with E-state index in [0.717, 1.165) is 37.9 Å². The molecule has 0 aliphatic carbocycles. The van der Waals surface area contributed by atoms with Crippen LogP contribution in [0.4, 0.5) is 5.82 Å². The van der Waals surface area contributed by atoms with E-state index in [-0.39, 0.29) is 5.91 Å². The lowest BCUT2D eigenvalue weighted by Gasteiger charge is -2.17. The SMILES string of the molecule is CCCCN(C)C(=O)c1cc(NCCCOC)nc(-c2ccccc2)n1. The third kappa shape index (κ3) is 5.81. The molecular formula is C20H28N4O2. The van der Waals surface area contributed by atoms with Crippen LogP contribution in [0.5, 0.6) is 0 Å². The first-order valence-electron chi connectivity index (χ1n) is 9.08. The van der Waals surface area contributed by atoms with Crippen molar-refractivity contribution in [2.45, 2.75) is 26.2 Å². The second-order valence-corrected chi connectivity index (χ2v) is 6.18. The van der Waals surface area contributed by atoms with Crippen molar-refractivity contribution in [2.24, 2.45) is 0 Å². The van der Waals surface area contributed by atoms with Crippen LogP contribution >= 0.6 is 0 Å². The number of ether oxygens (including phenoxy) is 1. The third-order valence-corrected chi connectivity index (χ3v) is 4.00. The van der Waals surface area contributed by atoms with E-state index in [1.807, 2.05) is 37.4 Å². The van der Waals surface area contributed by atoms with Gasteiger partial charge in [0.15, 0.2) is 5.82 Å². The number of methoxy groups -OCH3 is 1. The molecule has 6 heteroatoms. The van der Waals surface area contributed by atoms with Crippen LogP contribution in [0.1, 0.15) is 36.7 Å². The summed E-state index contributed by atoms with van der Waals surface area (Å²) in [5.41, 5.74) is 1.30. The minimum Gasteiger partial charge on any atom is -0.385 e. The molecule has 0 saturated carbocycles. The Hall–Kier alpha value is -2.47. The molecule has 26 heavy (non-hydrogen) atoms. The van der Waals surface area contributed by atoms with Crippen LogP contribution in [0, 0.1) is 0 Å². The molecule has 1 amide bonds. The fraction of sp³-hybridized carbons (Fsp3) is 0.450. The Bertz CT molecular complexity index is 691. The summed E-state index contributed by atoms with van der Waals surface area (Å²) < 4.78 is 5.07. The molecule has 1 heterocycles. The van der Waals surface area contributed by atoms with Crippen LogP contribution < -0.4 is 5.32 Å². The summed E-state index contributed by atoms with van der Waals surface area (Å²) in [4.78, 5) is 23.5. The number of hydrogen-bond acceptors (Lipinski definition) is 5. The van der Waals surface area contributed by atoms with Gasteiger partial charge in [-0.1, -0.05) is 43.7 Å². The van der Waals surface area contributed by atoms with Gasteiger partial charge in [0.2, 0.25) is 0 Å². The number of rotatable bonds is 10. The quantitative estimate of drug-likeness (QED) is 0.660. The summed E-state index contributed by atoms with van der Waals surface area (Å²) >= 11 is 0. The molecule has 0 fully saturated rings. The maximum Gasteiger partial charge on any atom is 0.272 e. The van der Waals surface area contributed by atoms with Crippen LogP contribution in [0.3, 0.4) is 0 Å². The van der Waals surface area contributed by atoms with Crippen LogP contribution in [-0.2, 0) is 4.74 Å². The number of carbonyl (C=O) groups is 1. The highest BCUT2D eigenvalue weighted by Gasteiger charge is 2.16. The monoisotopic (exact) mass is 356 g/mol. The van der Waals surface area contributed by atoms with Gasteiger partial charge in [-0.2, -0.15) is 0 Å². The van der Waals surface area contributed by atoms with E-state index >= 15 is 0 Å². The number of nitrogens with zero attached hydrogens (tertiary/aromatic N) is 3. The predicted molar refractivity (Wildman–Crippen MR) is 104 cm³/mol. The van der Waals surface area contributed by atoms with Crippen molar-refractivity contribution < 1.29 is 9.53 Å². The molecule has 0 bridgehead atoms. The van der Waals surface area contributed by atoms with Gasteiger partial charge in [0.05, 0.1) is 0 Å². The summed E-state index contributed by atoms with van der Waals surface area (Å²) in [6.07, 6.45) is 2.88. The standard InChI is InChI=1S/C20H28N4O2/c1-4-5-13-24(2)20(25)17-15-18(21-12-9-14-26-3)23-19(22-17)16-10-7-6-8-11-16/h6-8,10-11,15H,4-5,9,12-14H2,1-3H3,(H,21,22,23). The highest BCUT2D eigenvalue weighted by atomic mass is 16.5. The van der Waals surface area contributed by atoms with Crippen LogP contribution in [0.15, 0.2) is 36.4 Å². The zero-order valence-electron chi connectivity index (χ0n) is 15.9. The number of anilines is 1. The Morgan fingerprint density at radius 1 is 1.19 bits per heavy atom. The minimum atomic E-state index is -0.0852. The van der Waals surface area contributed by atoms with Gasteiger partial charge in [0.1, 0.15) is 11.5 Å². The summed E-state index contributed by atoms with van der Waals surface area (Å²) in [6, 6.07) is 11.4. The number of carbonyl (C=O) groups excluding carboxylic acids is 1. The average Bonchev–Trinajstić information content (AvgIpc) is 2.69. The van der Waals surface area contributed by atoms with Crippen LogP contribution in [-0.4, -0.2) is 54.6 Å². The first kappa shape index (κ1) is 19.8. The lowest BCUT2D eigenvalue weighted by atomic mass is 10.2. The van der Waals surface area contributed by atoms with Gasteiger partial charge in [0.25, 0.3) is 5.91 Å². The molecule has 140 valence electrons. The van der Waals surface area contributed by atoms with Crippen molar-refractivity contribution in [1.29, 1.82) is 0 Å². The smallest absolute Gasteiger partial charge is 0.272 e. The van der Waals surface area contributed by atoms with Crippen molar-refractivity contribution in [2.75, 3.05) is 39.2 Å². The van der Waals surface area contributed by atoms with E-state index in [9.17, 15) is 4.79 Å². The zero-order chi connectivity index (χ0) is 18.8. The first-order valence-corrected chi connectivity index (χ1v) is 9.08. The number of nitrogens with one attached hydrogen (secondary N) is 1. The molecule has 0 atom stereocenters. The largest absolute Gasteiger partial charge is 0.385 e. The van der Waals surface area contributed by atoms with Crippen molar-refractivity contribution in [3.05, 3.63) is 42.1 Å². The summed E-state index contributed by atoms with van der Waals surface area (Å²) in [5.74, 6) is 1.12. The number of aromatic nitrogens is 2. The second-order valence-electron chi connectivity index (χ2n) is 6.18. The first-order chi connectivity index (χ1) is 12.7. The van der Waals surface area contributed by atoms with E-state index < -0.39 is 0 Å². The maximum atomic E-state index is 12.8. The maximum absolute atomic E-state index is 12.8. The van der Waals surface area contributed by atoms with E-state index in [1.165, 1.54) is 0 Å². The van der Waals surface area contributed by atoms with E-state index in [4.69, 9.17) is 4.74 Å². The molecule has 2 aromatic rings. The topological polar surface area (TPSA) is 67.4 Å². The Morgan fingerprint density at radius 2 is 1.96 bits per heavy atom. The zero-order valence-corrected chi connectivity index (χ0v) is 15.9. The number of benzene rings is 1. The summed E-state index contributed by atoms with van der Waals surface area (Å²) in [5, 5.41) is 3.27. The van der Waals surface area contributed by atoms with E-state index in [0.29, 0.717) is 23.9 Å². The molecule has 1 N–H and O–H groups in total. The molecule has 0 unspecified atom stereocenters. The van der Waals surface area contributed by atoms with Gasteiger partial charge in [0, 0.05) is 45.5 Å². The molecule has 6 nitrogen and oxygen atoms in total. The molecule has 0 aliphatic heterocycles. The lowest BCUT2D eigenvalue weighted by Crippen LogP contribution is -2.28. The fourth-order valence-electron chi connectivity index (χ4n) is 2.49. The number of unbranched alkanes of at least 4 members (excludes halogenated alkanes) is 1. The molecule has 1 aromatic carbocycles. The van der Waals surface area contributed by atoms with Gasteiger partial charge in [-0.3, -0.25) is 4.79 Å². The van der Waals surface area contributed by atoms with Gasteiger partial charge < -0.3 is 15.0 Å². The van der Waals surface area contributed by atoms with Crippen LogP contribution in [0.25, 0.3) is 11.4 Å². The Labute approximate surface area is 155 Å². The Morgan fingerprint density at radius 3 is 2.65 bits per heavy atom. The van der Waals surface area contributed by atoms with Crippen molar-refractivity contribution in [3.8, 4) is 11.4 Å². The molecule has 2 rings (SSSR count). The summed E-state index contributed by atoms with van der Waals surface area (Å²) in [6.45, 7) is 4.22. The van der Waals surface area contributed by atoms with Crippen molar-refractivity contribution in [1.82, 2.24) is 14.9 Å². The second kappa shape index (κ2) is 10.5. The fourth-order valence-corrected chi connectivity index (χ4v) is 2.49. The summed E-state index contributed by atoms with van der Waals surface area (Å²) in [7, 11) is 3.50. The molecular weight excluding hydrogens is 328 g/mol. The van der Waals surface area contributed by atoms with Gasteiger partial charge in [-0.05, 0) is 12.8 Å². The molecule has 1 aromatic heterocycles. The number of hydrogen-bond donors (Lipinski definition) is 1. The van der Waals surface area contributed by atoms with Gasteiger partial charge >= 0.3 is 0 Å². The number of amides is 1. The van der Waals surface area contributed by atoms with E-state index in [2.05, 4.69) is 22.2 Å². The lowest BCUT2D eigenvalue weighted by molar-refractivity contribution is 0.0787.